The van der Waals surface area contributed by atoms with Crippen molar-refractivity contribution in [3.8, 4) is 0 Å². The number of nitrogens with zero attached hydrogens (tertiary/aromatic N) is 2. The predicted octanol–water partition coefficient (Wildman–Crippen LogP) is 4.21. The van der Waals surface area contributed by atoms with Gasteiger partial charge in [-0.25, -0.2) is 0 Å². The van der Waals surface area contributed by atoms with Gasteiger partial charge in [-0.3, -0.25) is 4.68 Å². The molecule has 0 atom stereocenters. The van der Waals surface area contributed by atoms with E-state index < -0.39 is 0 Å². The Balaban J connectivity index is 2.95. The Labute approximate surface area is 114 Å². The van der Waals surface area contributed by atoms with Crippen LogP contribution in [-0.4, -0.2) is 15.1 Å². The smallest absolute Gasteiger partial charge is 0.0624 e. The van der Waals surface area contributed by atoms with Crippen molar-refractivity contribution < 1.29 is 0 Å². The van der Waals surface area contributed by atoms with Gasteiger partial charge in [-0.15, -0.1) is 0 Å². The van der Waals surface area contributed by atoms with Crippen LogP contribution in [0.5, 0.6) is 0 Å². The lowest BCUT2D eigenvalue weighted by Gasteiger charge is -2.30. The van der Waals surface area contributed by atoms with Crippen LogP contribution in [0.3, 0.4) is 0 Å². The summed E-state index contributed by atoms with van der Waals surface area (Å²) < 4.78 is 2.23. The topological polar surface area (TPSA) is 17.8 Å². The van der Waals surface area contributed by atoms with E-state index in [2.05, 4.69) is 54.4 Å². The van der Waals surface area contributed by atoms with Crippen molar-refractivity contribution in [1.29, 1.82) is 0 Å². The number of rotatable bonds is 7. The molecule has 1 rings (SSSR count). The molecule has 0 bridgehead atoms. The lowest BCUT2D eigenvalue weighted by atomic mass is 9.84. The second-order valence-electron chi connectivity index (χ2n) is 4.83. The van der Waals surface area contributed by atoms with Crippen molar-refractivity contribution in [3.05, 3.63) is 17.5 Å². The van der Waals surface area contributed by atoms with Crippen LogP contribution in [0.2, 0.25) is 0 Å². The van der Waals surface area contributed by atoms with Crippen LogP contribution in [0, 0.1) is 5.41 Å². The maximum absolute atomic E-state index is 4.72. The van der Waals surface area contributed by atoms with Gasteiger partial charge in [-0.2, -0.15) is 5.10 Å². The Hall–Kier alpha value is -0.310. The summed E-state index contributed by atoms with van der Waals surface area (Å²) in [5.41, 5.74) is 2.94. The molecule has 0 aromatic carbocycles. The first-order valence-corrected chi connectivity index (χ1v) is 7.88. The van der Waals surface area contributed by atoms with E-state index in [-0.39, 0.29) is 0 Å². The molecular formula is C14H25BrN2. The second kappa shape index (κ2) is 6.58. The van der Waals surface area contributed by atoms with E-state index >= 15 is 0 Å². The highest BCUT2D eigenvalue weighted by atomic mass is 79.9. The fourth-order valence-corrected chi connectivity index (χ4v) is 3.10. The molecule has 0 saturated heterocycles. The summed E-state index contributed by atoms with van der Waals surface area (Å²) in [5.74, 6) is 0. The van der Waals surface area contributed by atoms with Crippen molar-refractivity contribution in [1.82, 2.24) is 9.78 Å². The summed E-state index contributed by atoms with van der Waals surface area (Å²) in [5, 5.41) is 5.78. The zero-order valence-electron chi connectivity index (χ0n) is 11.6. The summed E-state index contributed by atoms with van der Waals surface area (Å²) in [6.07, 6.45) is 4.48. The molecule has 0 aliphatic carbocycles. The molecule has 1 aromatic rings. The van der Waals surface area contributed by atoms with Crippen LogP contribution >= 0.6 is 15.9 Å². The highest BCUT2D eigenvalue weighted by Crippen LogP contribution is 2.31. The van der Waals surface area contributed by atoms with Crippen LogP contribution in [0.1, 0.15) is 51.9 Å². The first-order chi connectivity index (χ1) is 8.14. The zero-order valence-corrected chi connectivity index (χ0v) is 13.2. The van der Waals surface area contributed by atoms with E-state index in [0.717, 1.165) is 24.7 Å². The molecule has 1 aromatic heterocycles. The molecule has 0 fully saturated rings. The first-order valence-electron chi connectivity index (χ1n) is 6.76. The number of alkyl halides is 1. The summed E-state index contributed by atoms with van der Waals surface area (Å²) in [4.78, 5) is 0. The normalized spacial score (nSPS) is 12.1. The molecule has 0 amide bonds. The fraction of sp³-hybridized carbons (Fsp3) is 0.786. The molecule has 98 valence electrons. The van der Waals surface area contributed by atoms with Gasteiger partial charge in [0.25, 0.3) is 0 Å². The Morgan fingerprint density at radius 2 is 1.82 bits per heavy atom. The SMILES string of the molecule is CCc1cc(CC)n(CC(CC)(CC)CBr)n1. The van der Waals surface area contributed by atoms with Crippen LogP contribution < -0.4 is 0 Å². The minimum absolute atomic E-state index is 0.348. The van der Waals surface area contributed by atoms with Gasteiger partial charge in [-0.1, -0.05) is 43.6 Å². The first kappa shape index (κ1) is 14.7. The summed E-state index contributed by atoms with van der Waals surface area (Å²) in [6, 6.07) is 2.25. The van der Waals surface area contributed by atoms with Crippen LogP contribution in [0.25, 0.3) is 0 Å². The quantitative estimate of drug-likeness (QED) is 0.690. The summed E-state index contributed by atoms with van der Waals surface area (Å²) in [7, 11) is 0. The van der Waals surface area contributed by atoms with E-state index in [4.69, 9.17) is 5.10 Å². The van der Waals surface area contributed by atoms with Crippen LogP contribution in [-0.2, 0) is 19.4 Å². The Morgan fingerprint density at radius 3 is 2.24 bits per heavy atom. The summed E-state index contributed by atoms with van der Waals surface area (Å²) in [6.45, 7) is 9.97. The van der Waals surface area contributed by atoms with Gasteiger partial charge in [0.2, 0.25) is 0 Å². The van der Waals surface area contributed by atoms with Gasteiger partial charge in [0.15, 0.2) is 0 Å². The number of halogens is 1. The maximum Gasteiger partial charge on any atom is 0.0624 e. The average Bonchev–Trinajstić information content (AvgIpc) is 2.78. The molecular weight excluding hydrogens is 276 g/mol. The molecule has 0 spiro atoms. The number of hydrogen-bond donors (Lipinski definition) is 0. The molecule has 0 radical (unpaired) electrons. The molecule has 17 heavy (non-hydrogen) atoms. The van der Waals surface area contributed by atoms with Crippen molar-refractivity contribution in [2.45, 2.75) is 59.9 Å². The molecule has 3 heteroatoms. The molecule has 0 aliphatic heterocycles. The van der Waals surface area contributed by atoms with E-state index in [1.807, 2.05) is 0 Å². The average molecular weight is 301 g/mol. The number of hydrogen-bond acceptors (Lipinski definition) is 1. The molecule has 0 aliphatic rings. The molecule has 0 N–H and O–H groups in total. The maximum atomic E-state index is 4.72. The highest BCUT2D eigenvalue weighted by molar-refractivity contribution is 9.09. The van der Waals surface area contributed by atoms with Crippen molar-refractivity contribution in [2.24, 2.45) is 5.41 Å². The van der Waals surface area contributed by atoms with Gasteiger partial charge in [-0.05, 0) is 37.2 Å². The predicted molar refractivity (Wildman–Crippen MR) is 77.8 cm³/mol. The zero-order chi connectivity index (χ0) is 12.9. The minimum atomic E-state index is 0.348. The largest absolute Gasteiger partial charge is 0.269 e. The number of aromatic nitrogens is 2. The fourth-order valence-electron chi connectivity index (χ4n) is 2.13. The van der Waals surface area contributed by atoms with Gasteiger partial charge >= 0.3 is 0 Å². The minimum Gasteiger partial charge on any atom is -0.269 e. The Morgan fingerprint density at radius 1 is 1.18 bits per heavy atom. The standard InChI is InChI=1S/C14H25BrN2/c1-5-12-9-13(6-2)17(16-12)11-14(7-3,8-4)10-15/h9H,5-8,10-11H2,1-4H3. The third-order valence-electron chi connectivity index (χ3n) is 3.91. The Kier molecular flexibility index (Phi) is 5.71. The monoisotopic (exact) mass is 300 g/mol. The van der Waals surface area contributed by atoms with Crippen molar-refractivity contribution in [3.63, 3.8) is 0 Å². The van der Waals surface area contributed by atoms with Crippen molar-refractivity contribution in [2.75, 3.05) is 5.33 Å². The lowest BCUT2D eigenvalue weighted by Crippen LogP contribution is -2.28. The van der Waals surface area contributed by atoms with Gasteiger partial charge < -0.3 is 0 Å². The lowest BCUT2D eigenvalue weighted by molar-refractivity contribution is 0.244. The highest BCUT2D eigenvalue weighted by Gasteiger charge is 2.26. The van der Waals surface area contributed by atoms with Crippen molar-refractivity contribution >= 4 is 15.9 Å². The Bertz CT molecular complexity index is 332. The molecule has 1 heterocycles. The van der Waals surface area contributed by atoms with E-state index in [9.17, 15) is 0 Å². The molecule has 0 unspecified atom stereocenters. The van der Waals surface area contributed by atoms with Gasteiger partial charge in [0, 0.05) is 17.6 Å². The molecule has 0 saturated carbocycles. The summed E-state index contributed by atoms with van der Waals surface area (Å²) >= 11 is 3.68. The third-order valence-corrected chi connectivity index (χ3v) is 5.10. The van der Waals surface area contributed by atoms with E-state index in [0.29, 0.717) is 5.41 Å². The molecule has 2 nitrogen and oxygen atoms in total. The number of aryl methyl sites for hydroxylation is 2. The van der Waals surface area contributed by atoms with E-state index in [1.165, 1.54) is 24.2 Å². The van der Waals surface area contributed by atoms with Crippen LogP contribution in [0.15, 0.2) is 6.07 Å². The van der Waals surface area contributed by atoms with E-state index in [1.54, 1.807) is 0 Å². The van der Waals surface area contributed by atoms with Gasteiger partial charge in [0.1, 0.15) is 0 Å². The third kappa shape index (κ3) is 3.34. The van der Waals surface area contributed by atoms with Crippen LogP contribution in [0.4, 0.5) is 0 Å². The van der Waals surface area contributed by atoms with Gasteiger partial charge in [0.05, 0.1) is 5.69 Å². The second-order valence-corrected chi connectivity index (χ2v) is 5.39.